The molecule has 0 aliphatic heterocycles. The maximum absolute atomic E-state index is 9.26. The molecule has 0 rings (SSSR count). The Labute approximate surface area is 100 Å². The van der Waals surface area contributed by atoms with E-state index in [4.69, 9.17) is 0 Å². The van der Waals surface area contributed by atoms with Crippen LogP contribution in [0.5, 0.6) is 0 Å². The van der Waals surface area contributed by atoms with E-state index in [1.54, 1.807) is 6.08 Å². The average Bonchev–Trinajstić information content (AvgIpc) is 2.26. The first-order valence-electron chi connectivity index (χ1n) is 5.73. The van der Waals surface area contributed by atoms with Crippen LogP contribution in [0.3, 0.4) is 0 Å². The van der Waals surface area contributed by atoms with Crippen molar-refractivity contribution in [2.24, 2.45) is 5.41 Å². The molecule has 0 amide bonds. The highest BCUT2D eigenvalue weighted by Gasteiger charge is 2.48. The molecule has 0 radical (unpaired) electrons. The van der Waals surface area contributed by atoms with Gasteiger partial charge in [0.2, 0.25) is 0 Å². The Morgan fingerprint density at radius 1 is 1.38 bits per heavy atom. The molecule has 0 aliphatic carbocycles. The van der Waals surface area contributed by atoms with E-state index in [-0.39, 0.29) is 17.6 Å². The van der Waals surface area contributed by atoms with Gasteiger partial charge >= 0.3 is 0 Å². The quantitative estimate of drug-likeness (QED) is 0.418. The van der Waals surface area contributed by atoms with E-state index in [2.05, 4.69) is 38.5 Å². The molecule has 1 unspecified atom stereocenters. The molecule has 0 bridgehead atoms. The van der Waals surface area contributed by atoms with Crippen molar-refractivity contribution in [3.05, 3.63) is 24.8 Å². The number of aliphatic hydroxyl groups is 1. The molecule has 2 heteroatoms. The first-order valence-corrected chi connectivity index (χ1v) is 5.73. The van der Waals surface area contributed by atoms with Crippen LogP contribution in [0.2, 0.25) is 0 Å². The van der Waals surface area contributed by atoms with Crippen molar-refractivity contribution >= 4 is 6.21 Å². The van der Waals surface area contributed by atoms with Crippen molar-refractivity contribution < 1.29 is 9.68 Å². The minimum absolute atomic E-state index is 0.115. The molecular formula is C14H26NO+. The fourth-order valence-corrected chi connectivity index (χ4v) is 2.02. The van der Waals surface area contributed by atoms with Crippen molar-refractivity contribution in [2.45, 2.75) is 39.7 Å². The lowest BCUT2D eigenvalue weighted by atomic mass is 9.66. The molecule has 0 heterocycles. The summed E-state index contributed by atoms with van der Waals surface area (Å²) in [5.74, 6) is 0. The largest absolute Gasteiger partial charge is 0.396 e. The normalized spacial score (nSPS) is 16.8. The van der Waals surface area contributed by atoms with E-state index >= 15 is 0 Å². The van der Waals surface area contributed by atoms with Crippen LogP contribution in [0.4, 0.5) is 0 Å². The van der Waals surface area contributed by atoms with E-state index in [1.807, 2.05) is 20.2 Å². The van der Waals surface area contributed by atoms with Gasteiger partial charge in [-0.25, -0.2) is 4.58 Å². The van der Waals surface area contributed by atoms with Gasteiger partial charge in [0.05, 0.1) is 5.41 Å². The van der Waals surface area contributed by atoms with Crippen molar-refractivity contribution in [3.63, 3.8) is 0 Å². The Hall–Kier alpha value is -0.890. The van der Waals surface area contributed by atoms with Gasteiger partial charge < -0.3 is 5.11 Å². The third-order valence-corrected chi connectivity index (χ3v) is 4.19. The van der Waals surface area contributed by atoms with E-state index < -0.39 is 0 Å². The van der Waals surface area contributed by atoms with Crippen LogP contribution in [-0.2, 0) is 0 Å². The highest BCUT2D eigenvalue weighted by atomic mass is 16.3. The Morgan fingerprint density at radius 3 is 2.19 bits per heavy atom. The SMILES string of the molecule is C=CC(=C)C(C)(CCO)C(C)(C)[N+](C)=CC. The molecule has 1 atom stereocenters. The second-order valence-electron chi connectivity index (χ2n) is 4.96. The summed E-state index contributed by atoms with van der Waals surface area (Å²) in [4.78, 5) is 0. The summed E-state index contributed by atoms with van der Waals surface area (Å²) >= 11 is 0. The molecule has 16 heavy (non-hydrogen) atoms. The number of aliphatic hydroxyl groups excluding tert-OH is 1. The lowest BCUT2D eigenvalue weighted by molar-refractivity contribution is -0.589. The summed E-state index contributed by atoms with van der Waals surface area (Å²) in [6, 6.07) is 0. The van der Waals surface area contributed by atoms with Gasteiger partial charge in [0, 0.05) is 27.4 Å². The van der Waals surface area contributed by atoms with Crippen LogP contribution in [0, 0.1) is 5.41 Å². The standard InChI is InChI=1S/C14H26NO/c1-8-12(3)14(6,10-11-16)13(4,5)15(7)9-2/h8-9,16H,1,3,10-11H2,2,4-7H3/q+1. The van der Waals surface area contributed by atoms with Crippen molar-refractivity contribution in [1.29, 1.82) is 0 Å². The minimum atomic E-state index is -0.190. The predicted molar refractivity (Wildman–Crippen MR) is 71.1 cm³/mol. The number of allylic oxidation sites excluding steroid dienone is 1. The van der Waals surface area contributed by atoms with Gasteiger partial charge in [0.15, 0.2) is 5.54 Å². The second-order valence-corrected chi connectivity index (χ2v) is 4.96. The first kappa shape index (κ1) is 15.1. The molecule has 0 saturated carbocycles. The molecule has 92 valence electrons. The van der Waals surface area contributed by atoms with Crippen molar-refractivity contribution in [1.82, 2.24) is 0 Å². The van der Waals surface area contributed by atoms with Gasteiger partial charge in [-0.15, -0.1) is 0 Å². The third-order valence-electron chi connectivity index (χ3n) is 4.19. The first-order chi connectivity index (χ1) is 7.27. The maximum Gasteiger partial charge on any atom is 0.165 e. The molecule has 2 nitrogen and oxygen atoms in total. The molecule has 0 aromatic heterocycles. The fourth-order valence-electron chi connectivity index (χ4n) is 2.02. The molecule has 0 aromatic carbocycles. The summed E-state index contributed by atoms with van der Waals surface area (Å²) < 4.78 is 2.16. The molecule has 0 spiro atoms. The van der Waals surface area contributed by atoms with Crippen LogP contribution in [0.25, 0.3) is 0 Å². The molecule has 0 aliphatic rings. The Kier molecular flexibility index (Phi) is 5.14. The Morgan fingerprint density at radius 2 is 1.88 bits per heavy atom. The molecule has 0 aromatic rings. The van der Waals surface area contributed by atoms with Gasteiger partial charge in [-0.3, -0.25) is 0 Å². The van der Waals surface area contributed by atoms with Gasteiger partial charge in [0.25, 0.3) is 0 Å². The number of nitrogens with zero attached hydrogens (tertiary/aromatic N) is 1. The monoisotopic (exact) mass is 224 g/mol. The lowest BCUT2D eigenvalue weighted by Gasteiger charge is -2.41. The summed E-state index contributed by atoms with van der Waals surface area (Å²) in [6.07, 6.45) is 4.52. The smallest absolute Gasteiger partial charge is 0.165 e. The molecular weight excluding hydrogens is 198 g/mol. The predicted octanol–water partition coefficient (Wildman–Crippen LogP) is 2.63. The maximum atomic E-state index is 9.26. The van der Waals surface area contributed by atoms with Gasteiger partial charge in [-0.2, -0.15) is 0 Å². The van der Waals surface area contributed by atoms with E-state index in [0.29, 0.717) is 6.42 Å². The van der Waals surface area contributed by atoms with E-state index in [9.17, 15) is 5.11 Å². The van der Waals surface area contributed by atoms with E-state index in [1.165, 1.54) is 0 Å². The van der Waals surface area contributed by atoms with Crippen LogP contribution in [0.1, 0.15) is 34.1 Å². The third kappa shape index (κ3) is 2.43. The minimum Gasteiger partial charge on any atom is -0.396 e. The highest BCUT2D eigenvalue weighted by molar-refractivity contribution is 5.47. The Bertz CT molecular complexity index is 302. The average molecular weight is 224 g/mol. The topological polar surface area (TPSA) is 23.2 Å². The van der Waals surface area contributed by atoms with Crippen LogP contribution < -0.4 is 0 Å². The van der Waals surface area contributed by atoms with Gasteiger partial charge in [-0.1, -0.05) is 19.2 Å². The number of rotatable bonds is 6. The summed E-state index contributed by atoms with van der Waals surface area (Å²) in [5, 5.41) is 9.26. The van der Waals surface area contributed by atoms with Crippen molar-refractivity contribution in [3.8, 4) is 0 Å². The van der Waals surface area contributed by atoms with Gasteiger partial charge in [0.1, 0.15) is 13.3 Å². The fraction of sp³-hybridized carbons (Fsp3) is 0.643. The molecule has 0 saturated heterocycles. The second kappa shape index (κ2) is 5.44. The number of hydrogen-bond donors (Lipinski definition) is 1. The number of hydrogen-bond acceptors (Lipinski definition) is 1. The van der Waals surface area contributed by atoms with Gasteiger partial charge in [-0.05, 0) is 18.9 Å². The molecule has 1 N–H and O–H groups in total. The van der Waals surface area contributed by atoms with E-state index in [0.717, 1.165) is 5.57 Å². The zero-order valence-electron chi connectivity index (χ0n) is 11.4. The zero-order valence-corrected chi connectivity index (χ0v) is 11.4. The van der Waals surface area contributed by atoms with Crippen LogP contribution >= 0.6 is 0 Å². The lowest BCUT2D eigenvalue weighted by Crippen LogP contribution is -2.50. The highest BCUT2D eigenvalue weighted by Crippen LogP contribution is 2.42. The summed E-state index contributed by atoms with van der Waals surface area (Å²) in [5.41, 5.74) is 0.667. The Balaban J connectivity index is 5.51. The van der Waals surface area contributed by atoms with Crippen LogP contribution in [-0.4, -0.2) is 35.1 Å². The summed E-state index contributed by atoms with van der Waals surface area (Å²) in [6.45, 7) is 16.5. The summed E-state index contributed by atoms with van der Waals surface area (Å²) in [7, 11) is 2.05. The molecule has 0 fully saturated rings. The van der Waals surface area contributed by atoms with Crippen LogP contribution in [0.15, 0.2) is 24.8 Å². The zero-order chi connectivity index (χ0) is 13.0. The van der Waals surface area contributed by atoms with Crippen molar-refractivity contribution in [2.75, 3.05) is 13.7 Å².